The smallest absolute Gasteiger partial charge is 0.252 e. The van der Waals surface area contributed by atoms with Gasteiger partial charge in [0.1, 0.15) is 0 Å². The highest BCUT2D eigenvalue weighted by molar-refractivity contribution is 6.33. The molecular formula is C13H19ClN4O. The Balaban J connectivity index is 2.38. The zero-order valence-electron chi connectivity index (χ0n) is 11.1. The van der Waals surface area contributed by atoms with E-state index >= 15 is 0 Å². The molecule has 0 aliphatic carbocycles. The number of carbonyl (C=O) groups excluding carboxylic acids is 1. The standard InChI is InChI=1S/C13H19ClN4O/c1-9(2)18-13(15)17-8-7-16-12(19)10-5-3-4-6-11(10)14/h3-6,9H,7-8H2,1-2H3,(H,16,19)(H3,15,17,18). The normalized spacial score (nSPS) is 11.5. The van der Waals surface area contributed by atoms with Crippen molar-refractivity contribution in [2.24, 2.45) is 10.7 Å². The van der Waals surface area contributed by atoms with Crippen LogP contribution in [0.5, 0.6) is 0 Å². The molecule has 1 amide bonds. The van der Waals surface area contributed by atoms with Crippen LogP contribution in [0.1, 0.15) is 24.2 Å². The number of amides is 1. The number of nitrogens with zero attached hydrogens (tertiary/aromatic N) is 1. The van der Waals surface area contributed by atoms with E-state index in [9.17, 15) is 4.79 Å². The molecule has 0 bridgehead atoms. The monoisotopic (exact) mass is 282 g/mol. The van der Waals surface area contributed by atoms with Gasteiger partial charge < -0.3 is 16.4 Å². The second-order valence-electron chi connectivity index (χ2n) is 4.30. The predicted molar refractivity (Wildman–Crippen MR) is 78.5 cm³/mol. The molecule has 5 nitrogen and oxygen atoms in total. The van der Waals surface area contributed by atoms with Crippen LogP contribution in [0, 0.1) is 0 Å². The van der Waals surface area contributed by atoms with E-state index < -0.39 is 0 Å². The fraction of sp³-hybridized carbons (Fsp3) is 0.385. The Morgan fingerprint density at radius 1 is 1.42 bits per heavy atom. The summed E-state index contributed by atoms with van der Waals surface area (Å²) in [5.41, 5.74) is 6.09. The van der Waals surface area contributed by atoms with Crippen LogP contribution in [0.3, 0.4) is 0 Å². The maximum Gasteiger partial charge on any atom is 0.252 e. The minimum absolute atomic E-state index is 0.212. The van der Waals surface area contributed by atoms with Crippen molar-refractivity contribution in [3.05, 3.63) is 34.9 Å². The van der Waals surface area contributed by atoms with Gasteiger partial charge >= 0.3 is 0 Å². The van der Waals surface area contributed by atoms with Gasteiger partial charge in [-0.15, -0.1) is 0 Å². The summed E-state index contributed by atoms with van der Waals surface area (Å²) in [4.78, 5) is 15.9. The first-order valence-corrected chi connectivity index (χ1v) is 6.47. The molecule has 0 fully saturated rings. The van der Waals surface area contributed by atoms with E-state index in [2.05, 4.69) is 15.6 Å². The molecule has 104 valence electrons. The molecule has 0 saturated carbocycles. The molecule has 0 unspecified atom stereocenters. The third kappa shape index (κ3) is 5.61. The van der Waals surface area contributed by atoms with Crippen molar-refractivity contribution in [2.45, 2.75) is 19.9 Å². The van der Waals surface area contributed by atoms with Crippen LogP contribution in [0.4, 0.5) is 0 Å². The van der Waals surface area contributed by atoms with Crippen LogP contribution in [-0.4, -0.2) is 31.0 Å². The third-order valence-corrected chi connectivity index (χ3v) is 2.56. The van der Waals surface area contributed by atoms with Crippen molar-refractivity contribution < 1.29 is 4.79 Å². The Kier molecular flexibility index (Phi) is 6.15. The van der Waals surface area contributed by atoms with Crippen molar-refractivity contribution in [3.63, 3.8) is 0 Å². The second kappa shape index (κ2) is 7.63. The number of nitrogens with two attached hydrogens (primary N) is 1. The topological polar surface area (TPSA) is 79.5 Å². The van der Waals surface area contributed by atoms with Crippen LogP contribution in [0.2, 0.25) is 5.02 Å². The highest BCUT2D eigenvalue weighted by atomic mass is 35.5. The van der Waals surface area contributed by atoms with E-state index in [1.807, 2.05) is 13.8 Å². The molecule has 4 N–H and O–H groups in total. The number of hydrogen-bond acceptors (Lipinski definition) is 2. The molecule has 0 radical (unpaired) electrons. The summed E-state index contributed by atoms with van der Waals surface area (Å²) in [6.07, 6.45) is 0. The van der Waals surface area contributed by atoms with Crippen LogP contribution >= 0.6 is 11.6 Å². The lowest BCUT2D eigenvalue weighted by atomic mass is 10.2. The average molecular weight is 283 g/mol. The van der Waals surface area contributed by atoms with Crippen molar-refractivity contribution in [2.75, 3.05) is 13.1 Å². The van der Waals surface area contributed by atoms with Gasteiger partial charge in [0, 0.05) is 12.6 Å². The molecular weight excluding hydrogens is 264 g/mol. The van der Waals surface area contributed by atoms with Gasteiger partial charge in [-0.2, -0.15) is 0 Å². The van der Waals surface area contributed by atoms with Gasteiger partial charge in [-0.3, -0.25) is 9.79 Å². The zero-order chi connectivity index (χ0) is 14.3. The molecule has 0 saturated heterocycles. The first-order chi connectivity index (χ1) is 9.00. The maximum absolute atomic E-state index is 11.8. The predicted octanol–water partition coefficient (Wildman–Crippen LogP) is 1.38. The summed E-state index contributed by atoms with van der Waals surface area (Å²) in [5, 5.41) is 6.13. The number of aliphatic imine (C=N–C) groups is 1. The average Bonchev–Trinajstić information content (AvgIpc) is 2.34. The number of guanidine groups is 1. The first kappa shape index (κ1) is 15.3. The molecule has 0 aliphatic rings. The minimum atomic E-state index is -0.212. The van der Waals surface area contributed by atoms with Crippen LogP contribution in [-0.2, 0) is 0 Å². The number of nitrogens with one attached hydrogen (secondary N) is 2. The van der Waals surface area contributed by atoms with Gasteiger partial charge in [-0.25, -0.2) is 0 Å². The summed E-state index contributed by atoms with van der Waals surface area (Å²) in [6, 6.07) is 7.14. The Bertz CT molecular complexity index is 460. The molecule has 0 aliphatic heterocycles. The van der Waals surface area contributed by atoms with Gasteiger partial charge in [0.15, 0.2) is 5.96 Å². The lowest BCUT2D eigenvalue weighted by molar-refractivity contribution is 0.0955. The van der Waals surface area contributed by atoms with Crippen molar-refractivity contribution >= 4 is 23.5 Å². The molecule has 1 rings (SSSR count). The summed E-state index contributed by atoms with van der Waals surface area (Å²) < 4.78 is 0. The molecule has 6 heteroatoms. The Labute approximate surface area is 118 Å². The Morgan fingerprint density at radius 3 is 2.74 bits per heavy atom. The number of benzene rings is 1. The molecule has 19 heavy (non-hydrogen) atoms. The fourth-order valence-electron chi connectivity index (χ4n) is 1.43. The van der Waals surface area contributed by atoms with Crippen LogP contribution < -0.4 is 16.4 Å². The number of carbonyl (C=O) groups is 1. The van der Waals surface area contributed by atoms with Gasteiger partial charge in [0.25, 0.3) is 5.91 Å². The van der Waals surface area contributed by atoms with Crippen LogP contribution in [0.25, 0.3) is 0 Å². The summed E-state index contributed by atoms with van der Waals surface area (Å²) in [5.74, 6) is 0.165. The highest BCUT2D eigenvalue weighted by Crippen LogP contribution is 2.14. The Hall–Kier alpha value is -1.75. The van der Waals surface area contributed by atoms with Crippen molar-refractivity contribution in [1.82, 2.24) is 10.6 Å². The fourth-order valence-corrected chi connectivity index (χ4v) is 1.65. The maximum atomic E-state index is 11.8. The second-order valence-corrected chi connectivity index (χ2v) is 4.71. The zero-order valence-corrected chi connectivity index (χ0v) is 11.9. The van der Waals surface area contributed by atoms with E-state index in [0.717, 1.165) is 0 Å². The largest absolute Gasteiger partial charge is 0.370 e. The van der Waals surface area contributed by atoms with Gasteiger partial charge in [-0.05, 0) is 26.0 Å². The van der Waals surface area contributed by atoms with E-state index in [4.69, 9.17) is 17.3 Å². The molecule has 1 aromatic rings. The Morgan fingerprint density at radius 2 is 2.11 bits per heavy atom. The van der Waals surface area contributed by atoms with E-state index in [-0.39, 0.29) is 11.9 Å². The van der Waals surface area contributed by atoms with E-state index in [0.29, 0.717) is 29.6 Å². The lowest BCUT2D eigenvalue weighted by Gasteiger charge is -2.09. The summed E-state index contributed by atoms with van der Waals surface area (Å²) in [6.45, 7) is 4.77. The number of hydrogen-bond donors (Lipinski definition) is 3. The van der Waals surface area contributed by atoms with Crippen molar-refractivity contribution in [1.29, 1.82) is 0 Å². The minimum Gasteiger partial charge on any atom is -0.370 e. The van der Waals surface area contributed by atoms with Crippen LogP contribution in [0.15, 0.2) is 29.3 Å². The molecule has 0 heterocycles. The quantitative estimate of drug-likeness (QED) is 0.434. The van der Waals surface area contributed by atoms with Gasteiger partial charge in [0.05, 0.1) is 17.1 Å². The number of halogens is 1. The molecule has 0 aromatic heterocycles. The SMILES string of the molecule is CC(C)NC(N)=NCCNC(=O)c1ccccc1Cl. The van der Waals surface area contributed by atoms with Gasteiger partial charge in [-0.1, -0.05) is 23.7 Å². The first-order valence-electron chi connectivity index (χ1n) is 6.10. The van der Waals surface area contributed by atoms with E-state index in [1.54, 1.807) is 24.3 Å². The van der Waals surface area contributed by atoms with Gasteiger partial charge in [0.2, 0.25) is 0 Å². The lowest BCUT2D eigenvalue weighted by Crippen LogP contribution is -2.37. The highest BCUT2D eigenvalue weighted by Gasteiger charge is 2.07. The number of rotatable bonds is 5. The molecule has 0 atom stereocenters. The summed E-state index contributed by atoms with van der Waals surface area (Å²) >= 11 is 5.92. The third-order valence-electron chi connectivity index (χ3n) is 2.23. The van der Waals surface area contributed by atoms with Crippen molar-refractivity contribution in [3.8, 4) is 0 Å². The van der Waals surface area contributed by atoms with E-state index in [1.165, 1.54) is 0 Å². The summed E-state index contributed by atoms with van der Waals surface area (Å²) in [7, 11) is 0. The molecule has 0 spiro atoms. The molecule has 1 aromatic carbocycles.